The van der Waals surface area contributed by atoms with E-state index in [-0.39, 0.29) is 5.91 Å². The maximum absolute atomic E-state index is 12.6. The Morgan fingerprint density at radius 1 is 1.15 bits per heavy atom. The fourth-order valence-corrected chi connectivity index (χ4v) is 3.65. The van der Waals surface area contributed by atoms with E-state index in [2.05, 4.69) is 40.6 Å². The number of nitrogens with one attached hydrogen (secondary N) is 1. The van der Waals surface area contributed by atoms with Crippen LogP contribution >= 0.6 is 0 Å². The number of fused-ring (bicyclic) bond motifs is 1. The molecule has 2 aromatic rings. The second kappa shape index (κ2) is 6.87. The topological polar surface area (TPSA) is 45.5 Å². The van der Waals surface area contributed by atoms with E-state index in [1.807, 2.05) is 26.0 Å². The Hall–Kier alpha value is -2.75. The van der Waals surface area contributed by atoms with Crippen LogP contribution in [0.5, 0.6) is 0 Å². The Bertz CT molecular complexity index is 905. The zero-order chi connectivity index (χ0) is 18.1. The maximum Gasteiger partial charge on any atom is 0.251 e. The van der Waals surface area contributed by atoms with Crippen LogP contribution in [0.2, 0.25) is 0 Å². The molecule has 2 heterocycles. The Morgan fingerprint density at radius 2 is 1.92 bits per heavy atom. The van der Waals surface area contributed by atoms with E-state index in [1.165, 1.54) is 16.8 Å². The Kier molecular flexibility index (Phi) is 4.41. The summed E-state index contributed by atoms with van der Waals surface area (Å²) >= 11 is 0. The van der Waals surface area contributed by atoms with Gasteiger partial charge in [-0.25, -0.2) is 0 Å². The van der Waals surface area contributed by atoms with Gasteiger partial charge in [-0.2, -0.15) is 0 Å². The van der Waals surface area contributed by atoms with E-state index in [4.69, 9.17) is 4.42 Å². The molecule has 1 amide bonds. The van der Waals surface area contributed by atoms with E-state index in [1.54, 1.807) is 0 Å². The van der Waals surface area contributed by atoms with Crippen LogP contribution in [-0.4, -0.2) is 23.9 Å². The predicted octanol–water partition coefficient (Wildman–Crippen LogP) is 3.68. The number of carbonyl (C=O) groups is 1. The van der Waals surface area contributed by atoms with Crippen molar-refractivity contribution >= 4 is 5.91 Å². The lowest BCUT2D eigenvalue weighted by Gasteiger charge is -2.26. The van der Waals surface area contributed by atoms with E-state index in [0.29, 0.717) is 6.54 Å². The number of hydrogen-bond donors (Lipinski definition) is 1. The standard InChI is InChI=1S/C22H24N2O2/c1-15-12-20(16(2)26-15)14-23-22(25)19-7-6-17-8-10-24(21-4-3-5-21)11-9-18(17)13-19/h3-7,12-13H,8-11,14H2,1-2H3,(H,23,25). The first kappa shape index (κ1) is 16.7. The average Bonchev–Trinajstić information content (AvgIpc) is 2.78. The lowest BCUT2D eigenvalue weighted by molar-refractivity contribution is 0.0950. The Morgan fingerprint density at radius 3 is 2.58 bits per heavy atom. The molecule has 0 saturated heterocycles. The average molecular weight is 348 g/mol. The summed E-state index contributed by atoms with van der Waals surface area (Å²) in [4.78, 5) is 15.0. The normalized spacial score (nSPS) is 15.8. The number of rotatable bonds is 4. The van der Waals surface area contributed by atoms with Crippen LogP contribution in [0.15, 0.2) is 52.6 Å². The van der Waals surface area contributed by atoms with E-state index in [0.717, 1.165) is 48.6 Å². The van der Waals surface area contributed by atoms with Crippen molar-refractivity contribution in [3.05, 3.63) is 82.0 Å². The van der Waals surface area contributed by atoms with Crippen molar-refractivity contribution in [1.82, 2.24) is 10.2 Å². The zero-order valence-corrected chi connectivity index (χ0v) is 15.3. The van der Waals surface area contributed by atoms with Crippen molar-refractivity contribution in [3.8, 4) is 0 Å². The highest BCUT2D eigenvalue weighted by Crippen LogP contribution is 2.22. The van der Waals surface area contributed by atoms with Gasteiger partial charge >= 0.3 is 0 Å². The van der Waals surface area contributed by atoms with Crippen molar-refractivity contribution in [2.45, 2.75) is 33.2 Å². The number of allylic oxidation sites excluding steroid dienone is 3. The summed E-state index contributed by atoms with van der Waals surface area (Å²) in [5.74, 6) is 1.71. The minimum atomic E-state index is -0.0307. The minimum Gasteiger partial charge on any atom is -0.466 e. The van der Waals surface area contributed by atoms with Gasteiger partial charge in [0.25, 0.3) is 5.91 Å². The van der Waals surface area contributed by atoms with Crippen molar-refractivity contribution in [1.29, 1.82) is 0 Å². The first-order chi connectivity index (χ1) is 12.6. The third kappa shape index (κ3) is 3.32. The molecule has 0 spiro atoms. The van der Waals surface area contributed by atoms with Crippen molar-refractivity contribution in [2.75, 3.05) is 13.1 Å². The third-order valence-electron chi connectivity index (χ3n) is 5.25. The first-order valence-electron chi connectivity index (χ1n) is 9.19. The molecule has 4 rings (SSSR count). The summed E-state index contributed by atoms with van der Waals surface area (Å²) in [6.07, 6.45) is 8.40. The molecule has 0 fully saturated rings. The number of nitrogens with zero attached hydrogens (tertiary/aromatic N) is 1. The summed E-state index contributed by atoms with van der Waals surface area (Å²) in [5.41, 5.74) is 5.73. The van der Waals surface area contributed by atoms with Crippen LogP contribution in [-0.2, 0) is 19.4 Å². The second-order valence-electron chi connectivity index (χ2n) is 7.04. The smallest absolute Gasteiger partial charge is 0.251 e. The minimum absolute atomic E-state index is 0.0307. The Labute approximate surface area is 154 Å². The molecule has 1 aromatic heterocycles. The first-order valence-corrected chi connectivity index (χ1v) is 9.19. The maximum atomic E-state index is 12.6. The quantitative estimate of drug-likeness (QED) is 0.917. The molecule has 0 atom stereocenters. The van der Waals surface area contributed by atoms with E-state index >= 15 is 0 Å². The lowest BCUT2D eigenvalue weighted by atomic mass is 10.00. The third-order valence-corrected chi connectivity index (χ3v) is 5.25. The van der Waals surface area contributed by atoms with Gasteiger partial charge in [0.05, 0.1) is 0 Å². The molecule has 26 heavy (non-hydrogen) atoms. The number of carbonyl (C=O) groups excluding carboxylic acids is 1. The molecule has 4 heteroatoms. The van der Waals surface area contributed by atoms with Gasteiger partial charge in [-0.1, -0.05) is 12.1 Å². The van der Waals surface area contributed by atoms with Crippen molar-refractivity contribution in [2.24, 2.45) is 0 Å². The molecule has 4 nitrogen and oxygen atoms in total. The molecular formula is C22H24N2O2. The highest BCUT2D eigenvalue weighted by atomic mass is 16.3. The van der Waals surface area contributed by atoms with Crippen molar-refractivity contribution < 1.29 is 9.21 Å². The molecule has 0 radical (unpaired) electrons. The molecule has 0 saturated carbocycles. The summed E-state index contributed by atoms with van der Waals surface area (Å²) in [5, 5.41) is 3.01. The summed E-state index contributed by atoms with van der Waals surface area (Å²) in [7, 11) is 0. The van der Waals surface area contributed by atoms with Gasteiger partial charge in [0.15, 0.2) is 0 Å². The van der Waals surface area contributed by atoms with Crippen LogP contribution in [0.25, 0.3) is 0 Å². The van der Waals surface area contributed by atoms with Gasteiger partial charge < -0.3 is 14.6 Å². The second-order valence-corrected chi connectivity index (χ2v) is 7.04. The molecule has 1 aliphatic heterocycles. The van der Waals surface area contributed by atoms with Gasteiger partial charge in [0.2, 0.25) is 0 Å². The molecule has 1 aliphatic carbocycles. The number of hydrogen-bond acceptors (Lipinski definition) is 3. The van der Waals surface area contributed by atoms with Gasteiger partial charge in [0, 0.05) is 36.5 Å². The van der Waals surface area contributed by atoms with E-state index < -0.39 is 0 Å². The van der Waals surface area contributed by atoms with Crippen LogP contribution in [0, 0.1) is 13.8 Å². The summed E-state index contributed by atoms with van der Waals surface area (Å²) in [6.45, 7) is 6.38. The monoisotopic (exact) mass is 348 g/mol. The molecule has 0 bridgehead atoms. The summed E-state index contributed by atoms with van der Waals surface area (Å²) in [6, 6.07) is 8.10. The molecule has 1 aromatic carbocycles. The molecule has 0 unspecified atom stereocenters. The number of aryl methyl sites for hydroxylation is 2. The predicted molar refractivity (Wildman–Crippen MR) is 102 cm³/mol. The largest absolute Gasteiger partial charge is 0.466 e. The van der Waals surface area contributed by atoms with Crippen molar-refractivity contribution in [3.63, 3.8) is 0 Å². The number of amides is 1. The van der Waals surface area contributed by atoms with Gasteiger partial charge in [-0.15, -0.1) is 0 Å². The van der Waals surface area contributed by atoms with Crippen LogP contribution in [0.3, 0.4) is 0 Å². The SMILES string of the molecule is Cc1cc(CNC(=O)c2ccc3c(c2)CCN(C2=CC=C2)CC3)c(C)o1. The number of furan rings is 1. The molecule has 2 aliphatic rings. The fourth-order valence-electron chi connectivity index (χ4n) is 3.65. The summed E-state index contributed by atoms with van der Waals surface area (Å²) < 4.78 is 5.52. The zero-order valence-electron chi connectivity index (χ0n) is 15.3. The highest BCUT2D eigenvalue weighted by Gasteiger charge is 2.18. The van der Waals surface area contributed by atoms with Crippen LogP contribution in [0.1, 0.15) is 38.6 Å². The lowest BCUT2D eigenvalue weighted by Crippen LogP contribution is -2.26. The van der Waals surface area contributed by atoms with Gasteiger partial charge in [-0.3, -0.25) is 4.79 Å². The van der Waals surface area contributed by atoms with E-state index in [9.17, 15) is 4.79 Å². The molecule has 134 valence electrons. The highest BCUT2D eigenvalue weighted by molar-refractivity contribution is 5.94. The molecule has 1 N–H and O–H groups in total. The van der Waals surface area contributed by atoms with Gasteiger partial charge in [0.1, 0.15) is 11.5 Å². The van der Waals surface area contributed by atoms with Crippen LogP contribution < -0.4 is 5.32 Å². The number of benzene rings is 1. The fraction of sp³-hybridized carbons (Fsp3) is 0.318. The van der Waals surface area contributed by atoms with Gasteiger partial charge in [-0.05, 0) is 68.2 Å². The Balaban J connectivity index is 1.43. The van der Waals surface area contributed by atoms with Crippen LogP contribution in [0.4, 0.5) is 0 Å². The molecular weight excluding hydrogens is 324 g/mol.